The lowest BCUT2D eigenvalue weighted by Gasteiger charge is -2.72. The summed E-state index contributed by atoms with van der Waals surface area (Å²) in [6, 6.07) is 47.8. The van der Waals surface area contributed by atoms with E-state index in [9.17, 15) is 0 Å². The third-order valence-corrected chi connectivity index (χ3v) is 13.8. The fraction of sp³-hybridized carbons (Fsp3) is 0.298. The van der Waals surface area contributed by atoms with Gasteiger partial charge in [-0.1, -0.05) is 121 Å². The molecule has 0 aliphatic heterocycles. The zero-order chi connectivity index (χ0) is 32.8. The van der Waals surface area contributed by atoms with Crippen LogP contribution < -0.4 is 0 Å². The summed E-state index contributed by atoms with van der Waals surface area (Å²) in [7, 11) is 0. The third kappa shape index (κ3) is 4.52. The van der Waals surface area contributed by atoms with Gasteiger partial charge < -0.3 is 0 Å². The molecule has 50 heavy (non-hydrogen) atoms. The molecule has 1 heterocycles. The van der Waals surface area contributed by atoms with E-state index in [1.807, 2.05) is 36.4 Å². The summed E-state index contributed by atoms with van der Waals surface area (Å²) in [6.07, 6.45) is 9.05. The van der Waals surface area contributed by atoms with Crippen molar-refractivity contribution in [2.45, 2.75) is 43.9 Å². The number of rotatable bonds is 6. The lowest BCUT2D eigenvalue weighted by Crippen LogP contribution is -2.66. The molecule has 3 nitrogen and oxygen atoms in total. The molecular formula is C47H41N3. The molecule has 7 saturated carbocycles. The predicted octanol–water partition coefficient (Wildman–Crippen LogP) is 11.2. The molecule has 13 rings (SSSR count). The summed E-state index contributed by atoms with van der Waals surface area (Å²) in [5, 5.41) is 0. The van der Waals surface area contributed by atoms with Gasteiger partial charge in [-0.15, -0.1) is 0 Å². The lowest BCUT2D eigenvalue weighted by molar-refractivity contribution is -0.212. The summed E-state index contributed by atoms with van der Waals surface area (Å²) >= 11 is 0. The van der Waals surface area contributed by atoms with Gasteiger partial charge >= 0.3 is 0 Å². The lowest BCUT2D eigenvalue weighted by atomic mass is 9.32. The van der Waals surface area contributed by atoms with Crippen LogP contribution in [0.1, 0.15) is 44.1 Å². The summed E-state index contributed by atoms with van der Waals surface area (Å²) < 4.78 is 0. The van der Waals surface area contributed by atoms with Crippen molar-refractivity contribution in [1.82, 2.24) is 15.0 Å². The molecule has 1 aromatic heterocycles. The number of hydrogen-bond donors (Lipinski definition) is 0. The van der Waals surface area contributed by atoms with Crippen molar-refractivity contribution in [3.63, 3.8) is 0 Å². The Kier molecular flexibility index (Phi) is 6.39. The first kappa shape index (κ1) is 28.9. The monoisotopic (exact) mass is 647 g/mol. The number of hydrogen-bond acceptors (Lipinski definition) is 3. The molecule has 0 atom stereocenters. The van der Waals surface area contributed by atoms with Crippen LogP contribution in [0.2, 0.25) is 0 Å². The fourth-order valence-electron chi connectivity index (χ4n) is 11.9. The van der Waals surface area contributed by atoms with Gasteiger partial charge in [0.05, 0.1) is 0 Å². The number of aromatic nitrogens is 3. The molecule has 0 N–H and O–H groups in total. The zero-order valence-electron chi connectivity index (χ0n) is 28.3. The molecule has 0 amide bonds. The fourth-order valence-corrected chi connectivity index (χ4v) is 11.9. The maximum absolute atomic E-state index is 4.98. The van der Waals surface area contributed by atoms with Crippen LogP contribution in [0.15, 0.2) is 133 Å². The molecule has 0 spiro atoms. The van der Waals surface area contributed by atoms with Crippen molar-refractivity contribution in [3.8, 4) is 56.4 Å². The molecule has 7 fully saturated rings. The van der Waals surface area contributed by atoms with Crippen molar-refractivity contribution >= 4 is 0 Å². The van der Waals surface area contributed by atoms with Crippen LogP contribution in [-0.4, -0.2) is 15.0 Å². The topological polar surface area (TPSA) is 38.7 Å². The maximum Gasteiger partial charge on any atom is 0.164 e. The van der Waals surface area contributed by atoms with Gasteiger partial charge in [0.25, 0.3) is 0 Å². The molecular weight excluding hydrogens is 607 g/mol. The first-order valence-corrected chi connectivity index (χ1v) is 18.9. The van der Waals surface area contributed by atoms with Gasteiger partial charge in [0, 0.05) is 16.7 Å². The van der Waals surface area contributed by atoms with E-state index in [0.29, 0.717) is 22.9 Å². The van der Waals surface area contributed by atoms with Gasteiger partial charge in [0.2, 0.25) is 0 Å². The van der Waals surface area contributed by atoms with E-state index in [0.717, 1.165) is 63.7 Å². The molecule has 0 unspecified atom stereocenters. The minimum atomic E-state index is 0.435. The van der Waals surface area contributed by atoms with Crippen LogP contribution >= 0.6 is 0 Å². The minimum absolute atomic E-state index is 0.435. The standard InChI is InChI=1S/C47H41N3/c1-3-9-31(10-4-1)44-48-45(32-11-5-2-6-12-32)50-46(49-44)36-16-8-15-35(25-36)34-14-7-13-33(24-34)30-17-19-37(20-18-30)47-26-41-38-21-29-22-39(41)43(28-47)40(23-29)42(38)27-47/h1-20,24-25,29,38-43H,21-23,26-28H2. The molecule has 244 valence electrons. The highest BCUT2D eigenvalue weighted by Gasteiger charge is 2.67. The normalized spacial score (nSPS) is 29.8. The van der Waals surface area contributed by atoms with E-state index in [4.69, 9.17) is 15.0 Å². The van der Waals surface area contributed by atoms with Crippen LogP contribution in [0.5, 0.6) is 0 Å². The summed E-state index contributed by atoms with van der Waals surface area (Å²) in [5.74, 6) is 9.33. The van der Waals surface area contributed by atoms with E-state index in [1.54, 1.807) is 24.8 Å². The smallest absolute Gasteiger partial charge is 0.164 e. The second kappa shape index (κ2) is 11.1. The van der Waals surface area contributed by atoms with Crippen LogP contribution in [0.25, 0.3) is 56.4 Å². The highest BCUT2D eigenvalue weighted by atomic mass is 15.0. The second-order valence-corrected chi connectivity index (χ2v) is 16.2. The van der Waals surface area contributed by atoms with E-state index < -0.39 is 0 Å². The number of benzene rings is 5. The summed E-state index contributed by atoms with van der Waals surface area (Å²) in [6.45, 7) is 0. The maximum atomic E-state index is 4.98. The predicted molar refractivity (Wildman–Crippen MR) is 201 cm³/mol. The Morgan fingerprint density at radius 3 is 1.26 bits per heavy atom. The molecule has 3 heteroatoms. The Bertz CT molecular complexity index is 2110. The van der Waals surface area contributed by atoms with Crippen molar-refractivity contribution in [2.24, 2.45) is 41.4 Å². The van der Waals surface area contributed by atoms with Gasteiger partial charge in [0.15, 0.2) is 17.5 Å². The zero-order valence-corrected chi connectivity index (χ0v) is 28.3. The Hall–Kier alpha value is -4.89. The van der Waals surface area contributed by atoms with E-state index in [1.165, 1.54) is 36.0 Å². The molecule has 7 aliphatic carbocycles. The molecule has 6 aromatic rings. The SMILES string of the molecule is c1ccc(-c2nc(-c3ccccc3)nc(-c3cccc(-c4cccc(-c5ccc(C67CC8C9CC%10CC8C(C6)C(C%10)C9C7)cc5)c4)c3)n2)cc1. The van der Waals surface area contributed by atoms with Gasteiger partial charge in [0.1, 0.15) is 0 Å². The van der Waals surface area contributed by atoms with Crippen molar-refractivity contribution in [3.05, 3.63) is 139 Å². The van der Waals surface area contributed by atoms with Gasteiger partial charge in [-0.05, 0) is 125 Å². The second-order valence-electron chi connectivity index (χ2n) is 16.2. The van der Waals surface area contributed by atoms with E-state index >= 15 is 0 Å². The average molecular weight is 648 g/mol. The molecule has 8 bridgehead atoms. The highest BCUT2D eigenvalue weighted by Crippen LogP contribution is 2.74. The number of nitrogens with zero attached hydrogens (tertiary/aromatic N) is 3. The average Bonchev–Trinajstić information content (AvgIpc) is 3.20. The molecule has 0 saturated heterocycles. The van der Waals surface area contributed by atoms with Crippen molar-refractivity contribution < 1.29 is 0 Å². The summed E-state index contributed by atoms with van der Waals surface area (Å²) in [4.78, 5) is 14.8. The van der Waals surface area contributed by atoms with Gasteiger partial charge in [-0.3, -0.25) is 0 Å². The van der Waals surface area contributed by atoms with Crippen LogP contribution in [-0.2, 0) is 5.41 Å². The van der Waals surface area contributed by atoms with Crippen LogP contribution in [0, 0.1) is 41.4 Å². The van der Waals surface area contributed by atoms with Gasteiger partial charge in [-0.25, -0.2) is 15.0 Å². The Morgan fingerprint density at radius 1 is 0.360 bits per heavy atom. The van der Waals surface area contributed by atoms with Crippen LogP contribution in [0.3, 0.4) is 0 Å². The highest BCUT2D eigenvalue weighted by molar-refractivity contribution is 5.76. The van der Waals surface area contributed by atoms with Crippen molar-refractivity contribution in [2.75, 3.05) is 0 Å². The molecule has 5 aromatic carbocycles. The first-order chi connectivity index (χ1) is 24.7. The Morgan fingerprint density at radius 2 is 0.760 bits per heavy atom. The minimum Gasteiger partial charge on any atom is -0.208 e. The Balaban J connectivity index is 0.900. The van der Waals surface area contributed by atoms with Crippen LogP contribution in [0.4, 0.5) is 0 Å². The quantitative estimate of drug-likeness (QED) is 0.181. The van der Waals surface area contributed by atoms with E-state index in [2.05, 4.69) is 97.1 Å². The van der Waals surface area contributed by atoms with Crippen molar-refractivity contribution in [1.29, 1.82) is 0 Å². The van der Waals surface area contributed by atoms with E-state index in [-0.39, 0.29) is 0 Å². The summed E-state index contributed by atoms with van der Waals surface area (Å²) in [5.41, 5.74) is 9.90. The Labute approximate surface area is 294 Å². The first-order valence-electron chi connectivity index (χ1n) is 18.9. The largest absolute Gasteiger partial charge is 0.208 e. The molecule has 0 radical (unpaired) electrons. The third-order valence-electron chi connectivity index (χ3n) is 13.8. The molecule has 7 aliphatic rings. The van der Waals surface area contributed by atoms with Gasteiger partial charge in [-0.2, -0.15) is 0 Å².